The highest BCUT2D eigenvalue weighted by molar-refractivity contribution is 7.89. The van der Waals surface area contributed by atoms with Gasteiger partial charge in [0, 0.05) is 26.2 Å². The van der Waals surface area contributed by atoms with Crippen molar-refractivity contribution in [3.8, 4) is 0 Å². The molecule has 0 unspecified atom stereocenters. The van der Waals surface area contributed by atoms with Crippen LogP contribution in [0, 0.1) is 0 Å². The number of nitrogens with two attached hydrogens (primary N) is 1. The number of benzene rings is 1. The van der Waals surface area contributed by atoms with Crippen LogP contribution in [0.5, 0.6) is 0 Å². The fourth-order valence-electron chi connectivity index (χ4n) is 2.97. The second-order valence-electron chi connectivity index (χ2n) is 6.24. The molecular weight excluding hydrogens is 340 g/mol. The molecule has 140 valence electrons. The van der Waals surface area contributed by atoms with Gasteiger partial charge in [-0.1, -0.05) is 13.8 Å². The Bertz CT molecular complexity index is 709. The van der Waals surface area contributed by atoms with Gasteiger partial charge in [0.15, 0.2) is 0 Å². The Morgan fingerprint density at radius 2 is 1.88 bits per heavy atom. The van der Waals surface area contributed by atoms with Crippen LogP contribution >= 0.6 is 0 Å². The van der Waals surface area contributed by atoms with Crippen molar-refractivity contribution >= 4 is 27.3 Å². The predicted octanol–water partition coefficient (Wildman–Crippen LogP) is 1.60. The van der Waals surface area contributed by atoms with Crippen molar-refractivity contribution in [1.82, 2.24) is 4.31 Å². The Hall–Kier alpha value is -1.64. The van der Waals surface area contributed by atoms with Gasteiger partial charge in [0.2, 0.25) is 15.9 Å². The number of nitrogens with one attached hydrogen (secondary N) is 1. The zero-order valence-corrected chi connectivity index (χ0v) is 16.0. The molecule has 1 atom stereocenters. The molecule has 25 heavy (non-hydrogen) atoms. The number of carbonyl (C=O) groups is 1. The van der Waals surface area contributed by atoms with Gasteiger partial charge in [-0.25, -0.2) is 8.42 Å². The van der Waals surface area contributed by atoms with E-state index in [-0.39, 0.29) is 10.8 Å². The summed E-state index contributed by atoms with van der Waals surface area (Å²) in [6.07, 6.45) is 2.17. The monoisotopic (exact) mass is 368 g/mol. The first-order valence-corrected chi connectivity index (χ1v) is 10.2. The number of sulfonamides is 1. The smallest absolute Gasteiger partial charge is 0.243 e. The third-order valence-electron chi connectivity index (χ3n) is 4.43. The number of amides is 1. The fraction of sp³-hybridized carbons (Fsp3) is 0.588. The summed E-state index contributed by atoms with van der Waals surface area (Å²) in [5.74, 6) is -0.335. The molecule has 0 bridgehead atoms. The summed E-state index contributed by atoms with van der Waals surface area (Å²) in [4.78, 5) is 14.4. The molecule has 0 radical (unpaired) electrons. The topological polar surface area (TPSA) is 95.7 Å². The number of rotatable bonds is 7. The maximum absolute atomic E-state index is 12.8. The van der Waals surface area contributed by atoms with E-state index >= 15 is 0 Å². The summed E-state index contributed by atoms with van der Waals surface area (Å²) >= 11 is 0. The van der Waals surface area contributed by atoms with E-state index < -0.39 is 16.1 Å². The summed E-state index contributed by atoms with van der Waals surface area (Å²) in [5.41, 5.74) is 6.99. The molecule has 1 aromatic carbocycles. The Kier molecular flexibility index (Phi) is 6.42. The third-order valence-corrected chi connectivity index (χ3v) is 6.48. The molecule has 2 rings (SSSR count). The lowest BCUT2D eigenvalue weighted by Gasteiger charge is -2.24. The van der Waals surface area contributed by atoms with Crippen molar-refractivity contribution in [2.45, 2.75) is 44.6 Å². The Labute approximate surface area is 150 Å². The van der Waals surface area contributed by atoms with Gasteiger partial charge < -0.3 is 16.0 Å². The van der Waals surface area contributed by atoms with Crippen molar-refractivity contribution < 1.29 is 13.2 Å². The van der Waals surface area contributed by atoms with Crippen LogP contribution in [0.15, 0.2) is 23.1 Å². The fourth-order valence-corrected chi connectivity index (χ4v) is 4.45. The van der Waals surface area contributed by atoms with E-state index in [1.54, 1.807) is 39.0 Å². The first kappa shape index (κ1) is 19.7. The van der Waals surface area contributed by atoms with Crippen LogP contribution in [0.2, 0.25) is 0 Å². The summed E-state index contributed by atoms with van der Waals surface area (Å²) in [7, 11) is -3.59. The van der Waals surface area contributed by atoms with Crippen molar-refractivity contribution in [3.05, 3.63) is 18.2 Å². The van der Waals surface area contributed by atoms with Crippen LogP contribution in [-0.4, -0.2) is 50.9 Å². The molecule has 0 saturated carbocycles. The highest BCUT2D eigenvalue weighted by Gasteiger charge is 2.25. The second-order valence-corrected chi connectivity index (χ2v) is 8.18. The average Bonchev–Trinajstić information content (AvgIpc) is 3.09. The maximum atomic E-state index is 12.8. The van der Waals surface area contributed by atoms with Gasteiger partial charge >= 0.3 is 0 Å². The van der Waals surface area contributed by atoms with E-state index in [2.05, 4.69) is 10.2 Å². The molecule has 0 aliphatic carbocycles. The molecule has 1 fully saturated rings. The number of hydrogen-bond donors (Lipinski definition) is 2. The third kappa shape index (κ3) is 4.31. The number of nitrogens with zero attached hydrogens (tertiary/aromatic N) is 2. The summed E-state index contributed by atoms with van der Waals surface area (Å²) in [5, 5.41) is 2.79. The van der Waals surface area contributed by atoms with Crippen LogP contribution < -0.4 is 16.0 Å². The summed E-state index contributed by atoms with van der Waals surface area (Å²) < 4.78 is 26.9. The zero-order chi connectivity index (χ0) is 18.6. The number of hydrogen-bond acceptors (Lipinski definition) is 5. The SMILES string of the molecule is CCN(CC)S(=O)(=O)c1ccc(N2CCCC2)c(NC(=O)[C@H](C)N)c1. The van der Waals surface area contributed by atoms with Crippen molar-refractivity contribution in [2.24, 2.45) is 5.73 Å². The largest absolute Gasteiger partial charge is 0.370 e. The summed E-state index contributed by atoms with van der Waals surface area (Å²) in [6, 6.07) is 4.26. The van der Waals surface area contributed by atoms with E-state index in [0.717, 1.165) is 31.6 Å². The standard InChI is InChI=1S/C17H28N4O3S/c1-4-21(5-2)25(23,24)14-8-9-16(20-10-6-7-11-20)15(12-14)19-17(22)13(3)18/h8-9,12-13H,4-7,10-11,18H2,1-3H3,(H,19,22)/t13-/m0/s1. The van der Waals surface area contributed by atoms with Gasteiger partial charge in [-0.15, -0.1) is 0 Å². The van der Waals surface area contributed by atoms with Gasteiger partial charge in [-0.05, 0) is 38.0 Å². The molecule has 7 nitrogen and oxygen atoms in total. The van der Waals surface area contributed by atoms with E-state index in [1.807, 2.05) is 0 Å². The van der Waals surface area contributed by atoms with Gasteiger partial charge in [0.25, 0.3) is 0 Å². The molecule has 1 heterocycles. The summed E-state index contributed by atoms with van der Waals surface area (Å²) in [6.45, 7) is 7.78. The van der Waals surface area contributed by atoms with Crippen LogP contribution in [0.4, 0.5) is 11.4 Å². The Morgan fingerprint density at radius 1 is 1.28 bits per heavy atom. The molecule has 0 spiro atoms. The van der Waals surface area contributed by atoms with Gasteiger partial charge in [-0.2, -0.15) is 4.31 Å². The van der Waals surface area contributed by atoms with Crippen molar-refractivity contribution in [1.29, 1.82) is 0 Å². The predicted molar refractivity (Wildman–Crippen MR) is 100 cm³/mol. The molecule has 0 aromatic heterocycles. The van der Waals surface area contributed by atoms with Crippen LogP contribution in [-0.2, 0) is 14.8 Å². The molecule has 1 amide bonds. The normalized spacial score (nSPS) is 16.3. The van der Waals surface area contributed by atoms with Crippen molar-refractivity contribution in [3.63, 3.8) is 0 Å². The Balaban J connectivity index is 2.46. The van der Waals surface area contributed by atoms with Crippen LogP contribution in [0.1, 0.15) is 33.6 Å². The van der Waals surface area contributed by atoms with Crippen LogP contribution in [0.25, 0.3) is 0 Å². The molecule has 1 saturated heterocycles. The zero-order valence-electron chi connectivity index (χ0n) is 15.2. The minimum atomic E-state index is -3.59. The van der Waals surface area contributed by atoms with E-state index in [1.165, 1.54) is 4.31 Å². The number of carbonyl (C=O) groups excluding carboxylic acids is 1. The van der Waals surface area contributed by atoms with E-state index in [4.69, 9.17) is 5.73 Å². The first-order valence-electron chi connectivity index (χ1n) is 8.76. The quantitative estimate of drug-likeness (QED) is 0.762. The number of anilines is 2. The first-order chi connectivity index (χ1) is 11.8. The van der Waals surface area contributed by atoms with Crippen molar-refractivity contribution in [2.75, 3.05) is 36.4 Å². The van der Waals surface area contributed by atoms with E-state index in [9.17, 15) is 13.2 Å². The molecule has 8 heteroatoms. The molecule has 1 aliphatic rings. The van der Waals surface area contributed by atoms with Gasteiger partial charge in [-0.3, -0.25) is 4.79 Å². The van der Waals surface area contributed by atoms with Gasteiger partial charge in [0.05, 0.1) is 22.3 Å². The minimum absolute atomic E-state index is 0.180. The molecule has 1 aliphatic heterocycles. The molecular formula is C17H28N4O3S. The van der Waals surface area contributed by atoms with E-state index in [0.29, 0.717) is 18.8 Å². The lowest BCUT2D eigenvalue weighted by molar-refractivity contribution is -0.117. The minimum Gasteiger partial charge on any atom is -0.370 e. The average molecular weight is 369 g/mol. The lowest BCUT2D eigenvalue weighted by atomic mass is 10.2. The lowest BCUT2D eigenvalue weighted by Crippen LogP contribution is -2.34. The van der Waals surface area contributed by atoms with Crippen LogP contribution in [0.3, 0.4) is 0 Å². The second kappa shape index (κ2) is 8.16. The highest BCUT2D eigenvalue weighted by Crippen LogP contribution is 2.32. The maximum Gasteiger partial charge on any atom is 0.243 e. The Morgan fingerprint density at radius 3 is 2.40 bits per heavy atom. The van der Waals surface area contributed by atoms with Gasteiger partial charge in [0.1, 0.15) is 0 Å². The molecule has 3 N–H and O–H groups in total. The molecule has 1 aromatic rings. The highest BCUT2D eigenvalue weighted by atomic mass is 32.2.